The third-order valence-electron chi connectivity index (χ3n) is 5.37. The van der Waals surface area contributed by atoms with Gasteiger partial charge < -0.3 is 5.32 Å². The molecule has 1 atom stereocenters. The predicted molar refractivity (Wildman–Crippen MR) is 117 cm³/mol. The summed E-state index contributed by atoms with van der Waals surface area (Å²) in [5.74, 6) is 0.105. The lowest BCUT2D eigenvalue weighted by Crippen LogP contribution is -2.30. The molecule has 2 heterocycles. The van der Waals surface area contributed by atoms with E-state index in [-0.39, 0.29) is 5.02 Å². The Morgan fingerprint density at radius 2 is 1.62 bits per heavy atom. The fourth-order valence-electron chi connectivity index (χ4n) is 3.45. The van der Waals surface area contributed by atoms with Crippen LogP contribution in [0.15, 0.2) is 77.1 Å². The maximum atomic E-state index is 13.5. The predicted octanol–water partition coefficient (Wildman–Crippen LogP) is 6.94. The van der Waals surface area contributed by atoms with E-state index < -0.39 is 23.6 Å². The zero-order valence-corrected chi connectivity index (χ0v) is 17.9. The smallest absolute Gasteiger partial charge is 0.343 e. The number of hydrogen-bond donors (Lipinski definition) is 1. The number of benzene rings is 2. The van der Waals surface area contributed by atoms with Crippen LogP contribution in [0.3, 0.4) is 0 Å². The highest BCUT2D eigenvalue weighted by Crippen LogP contribution is 2.35. The van der Waals surface area contributed by atoms with Crippen LogP contribution in [-0.2, 0) is 6.18 Å². The first-order chi connectivity index (χ1) is 15.1. The second-order valence-electron chi connectivity index (χ2n) is 7.49. The Hall–Kier alpha value is -3.19. The molecule has 0 saturated carbocycles. The second-order valence-corrected chi connectivity index (χ2v) is 7.89. The lowest BCUT2D eigenvalue weighted by atomic mass is 9.97. The molecule has 0 aliphatic carbocycles. The van der Waals surface area contributed by atoms with Crippen molar-refractivity contribution in [1.29, 1.82) is 0 Å². The van der Waals surface area contributed by atoms with Crippen molar-refractivity contribution in [3.63, 3.8) is 0 Å². The van der Waals surface area contributed by atoms with E-state index >= 15 is 0 Å². The molecule has 1 aliphatic heterocycles. The van der Waals surface area contributed by atoms with E-state index in [2.05, 4.69) is 10.3 Å². The average molecular weight is 460 g/mol. The number of nitrogens with one attached hydrogen (secondary N) is 1. The van der Waals surface area contributed by atoms with E-state index in [0.717, 1.165) is 23.4 Å². The molecule has 0 bridgehead atoms. The molecule has 0 spiro atoms. The van der Waals surface area contributed by atoms with Crippen LogP contribution in [0.5, 0.6) is 0 Å². The van der Waals surface area contributed by atoms with Gasteiger partial charge in [0, 0.05) is 22.5 Å². The number of halogens is 5. The van der Waals surface area contributed by atoms with Gasteiger partial charge in [-0.2, -0.15) is 13.2 Å². The molecule has 3 aromatic rings. The van der Waals surface area contributed by atoms with E-state index in [1.165, 1.54) is 24.3 Å². The number of aromatic nitrogens is 1. The zero-order chi connectivity index (χ0) is 23.0. The number of alkyl halides is 3. The van der Waals surface area contributed by atoms with Gasteiger partial charge in [0.25, 0.3) is 0 Å². The molecule has 4 rings (SSSR count). The highest BCUT2D eigenvalue weighted by Gasteiger charge is 2.30. The fraction of sp³-hybridized carbons (Fsp3) is 0.167. The number of aliphatic imine (C=N–C) groups is 1. The van der Waals surface area contributed by atoms with Gasteiger partial charge in [-0.15, -0.1) is 0 Å². The Labute approximate surface area is 187 Å². The van der Waals surface area contributed by atoms with Crippen LogP contribution in [0.4, 0.5) is 17.6 Å². The SMILES string of the molecule is CC1=C(C)C(c2ccc(F)cc2Cl)N=C(c2ccc(-c3ccc(C(F)(F)F)cc3)cn2)N1. The topological polar surface area (TPSA) is 37.3 Å². The van der Waals surface area contributed by atoms with Gasteiger partial charge in [-0.05, 0) is 60.9 Å². The molecule has 0 amide bonds. The van der Waals surface area contributed by atoms with Crippen molar-refractivity contribution in [3.05, 3.63) is 99.7 Å². The van der Waals surface area contributed by atoms with Crippen molar-refractivity contribution in [2.75, 3.05) is 0 Å². The summed E-state index contributed by atoms with van der Waals surface area (Å²) < 4.78 is 51.8. The molecule has 0 radical (unpaired) electrons. The Balaban J connectivity index is 1.63. The maximum absolute atomic E-state index is 13.5. The molecule has 1 N–H and O–H groups in total. The van der Waals surface area contributed by atoms with Gasteiger partial charge >= 0.3 is 6.18 Å². The van der Waals surface area contributed by atoms with Crippen LogP contribution in [-0.4, -0.2) is 10.8 Å². The van der Waals surface area contributed by atoms with Crippen molar-refractivity contribution in [3.8, 4) is 11.1 Å². The van der Waals surface area contributed by atoms with Gasteiger partial charge in [0.2, 0.25) is 0 Å². The summed E-state index contributed by atoms with van der Waals surface area (Å²) in [6, 6.07) is 12.3. The van der Waals surface area contributed by atoms with Crippen LogP contribution < -0.4 is 5.32 Å². The van der Waals surface area contributed by atoms with Gasteiger partial charge in [0.05, 0.1) is 5.56 Å². The normalized spacial score (nSPS) is 16.6. The van der Waals surface area contributed by atoms with Crippen LogP contribution in [0.1, 0.15) is 36.7 Å². The van der Waals surface area contributed by atoms with E-state index in [4.69, 9.17) is 16.6 Å². The summed E-state index contributed by atoms with van der Waals surface area (Å²) in [5.41, 5.74) is 3.69. The van der Waals surface area contributed by atoms with Gasteiger partial charge in [-0.1, -0.05) is 35.9 Å². The molecule has 32 heavy (non-hydrogen) atoms. The zero-order valence-electron chi connectivity index (χ0n) is 17.1. The minimum absolute atomic E-state index is 0.290. The van der Waals surface area contributed by atoms with Crippen LogP contribution >= 0.6 is 11.6 Å². The number of rotatable bonds is 3. The van der Waals surface area contributed by atoms with Crippen molar-refractivity contribution in [2.24, 2.45) is 4.99 Å². The number of hydrogen-bond acceptors (Lipinski definition) is 3. The molecule has 8 heteroatoms. The van der Waals surface area contributed by atoms with Gasteiger partial charge in [-0.3, -0.25) is 9.98 Å². The van der Waals surface area contributed by atoms with Gasteiger partial charge in [0.1, 0.15) is 17.6 Å². The lowest BCUT2D eigenvalue weighted by Gasteiger charge is -2.25. The first-order valence-electron chi connectivity index (χ1n) is 9.74. The number of pyridine rings is 1. The fourth-order valence-corrected chi connectivity index (χ4v) is 3.72. The first kappa shape index (κ1) is 22.0. The standard InChI is InChI=1S/C24H18ClF4N3/c1-13-14(2)31-23(32-22(13)19-9-8-18(26)11-20(19)25)21-10-5-16(12-30-21)15-3-6-17(7-4-15)24(27,28)29/h3-12,22H,1-2H3,(H,31,32). The highest BCUT2D eigenvalue weighted by molar-refractivity contribution is 6.31. The molecule has 1 unspecified atom stereocenters. The Kier molecular flexibility index (Phi) is 5.77. The summed E-state index contributed by atoms with van der Waals surface area (Å²) in [4.78, 5) is 9.18. The van der Waals surface area contributed by atoms with E-state index in [1.807, 2.05) is 13.8 Å². The Morgan fingerprint density at radius 1 is 0.938 bits per heavy atom. The van der Waals surface area contributed by atoms with E-state index in [9.17, 15) is 17.6 Å². The molecule has 0 saturated heterocycles. The van der Waals surface area contributed by atoms with Gasteiger partial charge in [0.15, 0.2) is 5.84 Å². The summed E-state index contributed by atoms with van der Waals surface area (Å²) >= 11 is 6.26. The monoisotopic (exact) mass is 459 g/mol. The lowest BCUT2D eigenvalue weighted by molar-refractivity contribution is -0.137. The summed E-state index contributed by atoms with van der Waals surface area (Å²) in [7, 11) is 0. The number of amidine groups is 1. The summed E-state index contributed by atoms with van der Waals surface area (Å²) in [6.07, 6.45) is -2.79. The third-order valence-corrected chi connectivity index (χ3v) is 5.70. The van der Waals surface area contributed by atoms with Crippen molar-refractivity contribution in [1.82, 2.24) is 10.3 Å². The van der Waals surface area contributed by atoms with E-state index in [0.29, 0.717) is 28.2 Å². The molecular weight excluding hydrogens is 442 g/mol. The number of nitrogens with zero attached hydrogens (tertiary/aromatic N) is 2. The molecule has 1 aliphatic rings. The van der Waals surface area contributed by atoms with Crippen LogP contribution in [0, 0.1) is 5.82 Å². The second kappa shape index (κ2) is 8.39. The molecule has 3 nitrogen and oxygen atoms in total. The van der Waals surface area contributed by atoms with Gasteiger partial charge in [-0.25, -0.2) is 4.39 Å². The van der Waals surface area contributed by atoms with Crippen LogP contribution in [0.2, 0.25) is 5.02 Å². The molecule has 1 aromatic heterocycles. The largest absolute Gasteiger partial charge is 0.416 e. The highest BCUT2D eigenvalue weighted by atomic mass is 35.5. The average Bonchev–Trinajstić information content (AvgIpc) is 2.76. The van der Waals surface area contributed by atoms with Crippen molar-refractivity contribution >= 4 is 17.4 Å². The third kappa shape index (κ3) is 4.39. The first-order valence-corrected chi connectivity index (χ1v) is 10.1. The van der Waals surface area contributed by atoms with Crippen LogP contribution in [0.25, 0.3) is 11.1 Å². The molecule has 2 aromatic carbocycles. The maximum Gasteiger partial charge on any atom is 0.416 e. The summed E-state index contributed by atoms with van der Waals surface area (Å²) in [5, 5.41) is 3.51. The molecule has 0 fully saturated rings. The Morgan fingerprint density at radius 3 is 2.22 bits per heavy atom. The number of allylic oxidation sites excluding steroid dienone is 1. The molecular formula is C24H18ClF4N3. The molecule has 164 valence electrons. The quantitative estimate of drug-likeness (QED) is 0.430. The van der Waals surface area contributed by atoms with Crippen molar-refractivity contribution in [2.45, 2.75) is 26.1 Å². The summed E-state index contributed by atoms with van der Waals surface area (Å²) in [6.45, 7) is 3.83. The van der Waals surface area contributed by atoms with Crippen molar-refractivity contribution < 1.29 is 17.6 Å². The minimum atomic E-state index is -4.38. The minimum Gasteiger partial charge on any atom is -0.343 e. The van der Waals surface area contributed by atoms with E-state index in [1.54, 1.807) is 24.4 Å². The Bertz CT molecular complexity index is 1210.